The lowest BCUT2D eigenvalue weighted by Crippen LogP contribution is -2.28. The Balaban J connectivity index is 1.68. The molecule has 0 amide bonds. The molecule has 0 aliphatic carbocycles. The highest BCUT2D eigenvalue weighted by Gasteiger charge is 2.17. The number of fused-ring (bicyclic) bond motifs is 1. The fourth-order valence-electron chi connectivity index (χ4n) is 2.55. The second-order valence-electron chi connectivity index (χ2n) is 5.61. The first-order chi connectivity index (χ1) is 11.0. The summed E-state index contributed by atoms with van der Waals surface area (Å²) >= 11 is 0. The van der Waals surface area contributed by atoms with Gasteiger partial charge in [-0.05, 0) is 24.1 Å². The number of nitrogens with one attached hydrogen (secondary N) is 1. The van der Waals surface area contributed by atoms with Gasteiger partial charge in [0.25, 0.3) is 0 Å². The molecule has 2 aromatic carbocycles. The zero-order valence-corrected chi connectivity index (χ0v) is 13.8. The van der Waals surface area contributed by atoms with Crippen molar-refractivity contribution in [2.75, 3.05) is 35.6 Å². The predicted octanol–water partition coefficient (Wildman–Crippen LogP) is 2.50. The third-order valence-electron chi connectivity index (χ3n) is 3.83. The van der Waals surface area contributed by atoms with Crippen molar-refractivity contribution in [3.8, 4) is 5.75 Å². The van der Waals surface area contributed by atoms with Crippen LogP contribution in [0.3, 0.4) is 0 Å². The van der Waals surface area contributed by atoms with Crippen LogP contribution >= 0.6 is 0 Å². The second-order valence-corrected chi connectivity index (χ2v) is 7.45. The summed E-state index contributed by atoms with van der Waals surface area (Å²) < 4.78 is 32.7. The molecule has 2 aromatic rings. The molecule has 23 heavy (non-hydrogen) atoms. The van der Waals surface area contributed by atoms with Gasteiger partial charge >= 0.3 is 0 Å². The van der Waals surface area contributed by atoms with Crippen molar-refractivity contribution < 1.29 is 13.2 Å². The van der Waals surface area contributed by atoms with E-state index >= 15 is 0 Å². The standard InChI is InChI=1S/C17H20N2O3S/c1-19-10-11-22-17-13-15(7-8-16(17)19)18-23(20,21)12-9-14-5-3-2-4-6-14/h2-8,13,18H,9-12H2,1H3. The Morgan fingerprint density at radius 2 is 1.96 bits per heavy atom. The Kier molecular flexibility index (Phi) is 4.43. The van der Waals surface area contributed by atoms with E-state index in [1.165, 1.54) is 0 Å². The molecule has 1 heterocycles. The minimum Gasteiger partial charge on any atom is -0.489 e. The average molecular weight is 332 g/mol. The number of nitrogens with zero attached hydrogens (tertiary/aromatic N) is 1. The SMILES string of the molecule is CN1CCOc2cc(NS(=O)(=O)CCc3ccccc3)ccc21. The van der Waals surface area contributed by atoms with E-state index in [-0.39, 0.29) is 5.75 Å². The van der Waals surface area contributed by atoms with E-state index in [1.54, 1.807) is 12.1 Å². The van der Waals surface area contributed by atoms with Crippen LogP contribution < -0.4 is 14.4 Å². The van der Waals surface area contributed by atoms with Crippen LogP contribution in [0, 0.1) is 0 Å². The molecule has 1 N–H and O–H groups in total. The molecule has 0 atom stereocenters. The molecule has 0 saturated carbocycles. The van der Waals surface area contributed by atoms with Gasteiger partial charge in [-0.1, -0.05) is 30.3 Å². The highest BCUT2D eigenvalue weighted by atomic mass is 32.2. The van der Waals surface area contributed by atoms with Crippen LogP contribution in [0.4, 0.5) is 11.4 Å². The monoisotopic (exact) mass is 332 g/mol. The first-order valence-electron chi connectivity index (χ1n) is 7.56. The summed E-state index contributed by atoms with van der Waals surface area (Å²) in [6, 6.07) is 15.0. The van der Waals surface area contributed by atoms with Crippen molar-refractivity contribution in [2.24, 2.45) is 0 Å². The quantitative estimate of drug-likeness (QED) is 0.914. The molecule has 3 rings (SSSR count). The van der Waals surface area contributed by atoms with Crippen molar-refractivity contribution in [3.05, 3.63) is 54.1 Å². The van der Waals surface area contributed by atoms with E-state index in [4.69, 9.17) is 4.74 Å². The Morgan fingerprint density at radius 1 is 1.17 bits per heavy atom. The summed E-state index contributed by atoms with van der Waals surface area (Å²) in [5.74, 6) is 0.761. The van der Waals surface area contributed by atoms with Crippen molar-refractivity contribution in [1.82, 2.24) is 0 Å². The number of anilines is 2. The number of rotatable bonds is 5. The predicted molar refractivity (Wildman–Crippen MR) is 92.8 cm³/mol. The molecular formula is C17H20N2O3S. The summed E-state index contributed by atoms with van der Waals surface area (Å²) in [6.45, 7) is 1.43. The van der Waals surface area contributed by atoms with Crippen molar-refractivity contribution in [1.29, 1.82) is 0 Å². The van der Waals surface area contributed by atoms with Crippen LogP contribution in [0.2, 0.25) is 0 Å². The molecule has 0 aromatic heterocycles. The molecule has 122 valence electrons. The zero-order chi connectivity index (χ0) is 16.3. The lowest BCUT2D eigenvalue weighted by molar-refractivity contribution is 0.311. The lowest BCUT2D eigenvalue weighted by atomic mass is 10.2. The van der Waals surface area contributed by atoms with Gasteiger partial charge in [0.15, 0.2) is 0 Å². The minimum atomic E-state index is -3.39. The Labute approximate surface area is 136 Å². The summed E-state index contributed by atoms with van der Waals surface area (Å²) in [4.78, 5) is 2.09. The van der Waals surface area contributed by atoms with Crippen molar-refractivity contribution in [3.63, 3.8) is 0 Å². The van der Waals surface area contributed by atoms with Gasteiger partial charge in [0, 0.05) is 13.1 Å². The van der Waals surface area contributed by atoms with E-state index < -0.39 is 10.0 Å². The highest BCUT2D eigenvalue weighted by molar-refractivity contribution is 7.92. The van der Waals surface area contributed by atoms with Crippen LogP contribution in [-0.4, -0.2) is 34.4 Å². The second kappa shape index (κ2) is 6.50. The van der Waals surface area contributed by atoms with E-state index in [1.807, 2.05) is 43.4 Å². The fourth-order valence-corrected chi connectivity index (χ4v) is 3.64. The van der Waals surface area contributed by atoms with Crippen LogP contribution in [0.15, 0.2) is 48.5 Å². The first-order valence-corrected chi connectivity index (χ1v) is 9.21. The maximum atomic E-state index is 12.2. The average Bonchev–Trinajstić information content (AvgIpc) is 2.54. The Bertz CT molecular complexity index is 776. The van der Waals surface area contributed by atoms with Gasteiger partial charge in [0.05, 0.1) is 23.7 Å². The number of hydrogen-bond donors (Lipinski definition) is 1. The molecule has 0 radical (unpaired) electrons. The van der Waals surface area contributed by atoms with E-state index in [2.05, 4.69) is 9.62 Å². The van der Waals surface area contributed by atoms with E-state index in [0.29, 0.717) is 24.5 Å². The van der Waals surface area contributed by atoms with E-state index in [0.717, 1.165) is 17.8 Å². The summed E-state index contributed by atoms with van der Waals surface area (Å²) in [6.07, 6.45) is 0.486. The molecule has 6 heteroatoms. The Hall–Kier alpha value is -2.21. The first kappa shape index (κ1) is 15.7. The van der Waals surface area contributed by atoms with Gasteiger partial charge in [-0.15, -0.1) is 0 Å². The maximum Gasteiger partial charge on any atom is 0.233 e. The van der Waals surface area contributed by atoms with Crippen LogP contribution in [0.25, 0.3) is 0 Å². The molecule has 1 aliphatic heterocycles. The Morgan fingerprint density at radius 3 is 2.74 bits per heavy atom. The van der Waals surface area contributed by atoms with Gasteiger partial charge in [-0.25, -0.2) is 8.42 Å². The summed E-state index contributed by atoms with van der Waals surface area (Å²) in [7, 11) is -1.40. The number of hydrogen-bond acceptors (Lipinski definition) is 4. The fraction of sp³-hybridized carbons (Fsp3) is 0.294. The number of ether oxygens (including phenoxy) is 1. The number of sulfonamides is 1. The molecule has 0 unspecified atom stereocenters. The molecular weight excluding hydrogens is 312 g/mol. The third-order valence-corrected chi connectivity index (χ3v) is 5.12. The topological polar surface area (TPSA) is 58.6 Å². The molecule has 0 fully saturated rings. The van der Waals surface area contributed by atoms with Crippen molar-refractivity contribution in [2.45, 2.75) is 6.42 Å². The van der Waals surface area contributed by atoms with Crippen molar-refractivity contribution >= 4 is 21.4 Å². The largest absolute Gasteiger partial charge is 0.489 e. The van der Waals surface area contributed by atoms with E-state index in [9.17, 15) is 8.42 Å². The number of likely N-dealkylation sites (N-methyl/N-ethyl adjacent to an activating group) is 1. The minimum absolute atomic E-state index is 0.0505. The van der Waals surface area contributed by atoms with Gasteiger partial charge < -0.3 is 9.64 Å². The zero-order valence-electron chi connectivity index (χ0n) is 13.0. The van der Waals surface area contributed by atoms with Gasteiger partial charge in [0.2, 0.25) is 10.0 Å². The van der Waals surface area contributed by atoms with Gasteiger partial charge in [0.1, 0.15) is 12.4 Å². The number of benzene rings is 2. The normalized spacial score (nSPS) is 14.0. The smallest absolute Gasteiger partial charge is 0.233 e. The summed E-state index contributed by atoms with van der Waals surface area (Å²) in [5, 5.41) is 0. The molecule has 0 spiro atoms. The van der Waals surface area contributed by atoms with Crippen LogP contribution in [-0.2, 0) is 16.4 Å². The molecule has 5 nitrogen and oxygen atoms in total. The highest BCUT2D eigenvalue weighted by Crippen LogP contribution is 2.33. The van der Waals surface area contributed by atoms with Gasteiger partial charge in [-0.3, -0.25) is 4.72 Å². The molecule has 0 saturated heterocycles. The van der Waals surface area contributed by atoms with Crippen LogP contribution in [0.5, 0.6) is 5.75 Å². The lowest BCUT2D eigenvalue weighted by Gasteiger charge is -2.28. The summed E-state index contributed by atoms with van der Waals surface area (Å²) in [5.41, 5.74) is 2.52. The number of aryl methyl sites for hydroxylation is 1. The third kappa shape index (κ3) is 3.96. The van der Waals surface area contributed by atoms with Crippen LogP contribution in [0.1, 0.15) is 5.56 Å². The maximum absolute atomic E-state index is 12.2. The van der Waals surface area contributed by atoms with Gasteiger partial charge in [-0.2, -0.15) is 0 Å². The molecule has 1 aliphatic rings. The molecule has 0 bridgehead atoms.